The van der Waals surface area contributed by atoms with Crippen LogP contribution in [0.3, 0.4) is 0 Å². The molecule has 0 saturated heterocycles. The maximum absolute atomic E-state index is 11.5. The third-order valence-electron chi connectivity index (χ3n) is 2.21. The minimum Gasteiger partial charge on any atom is -0.383 e. The van der Waals surface area contributed by atoms with Crippen LogP contribution in [-0.2, 0) is 9.53 Å². The normalized spacial score (nSPS) is 9.95. The number of carbonyl (C=O) groups is 2. The molecule has 0 radical (unpaired) electrons. The van der Waals surface area contributed by atoms with Crippen molar-refractivity contribution >= 4 is 40.8 Å². The lowest BCUT2D eigenvalue weighted by molar-refractivity contribution is -0.118. The molecule has 0 aromatic heterocycles. The van der Waals surface area contributed by atoms with Crippen LogP contribution in [0, 0.1) is 0 Å². The number of halogens is 2. The molecule has 3 amide bonds. The molecule has 0 atom stereocenters. The summed E-state index contributed by atoms with van der Waals surface area (Å²) in [6.45, 7) is 0.596. The van der Waals surface area contributed by atoms with Gasteiger partial charge in [0.2, 0.25) is 5.91 Å². The number of methoxy groups -OCH3 is 1. The smallest absolute Gasteiger partial charge is 0.321 e. The first-order valence-corrected chi connectivity index (χ1v) is 6.54. The van der Waals surface area contributed by atoms with Crippen LogP contribution in [0.15, 0.2) is 18.2 Å². The van der Waals surface area contributed by atoms with Crippen LogP contribution < -0.4 is 16.0 Å². The standard InChI is InChI=1S/C12H15Cl2N3O3/c1-20-5-4-15-12(19)17-11(18)7-16-10-6-8(13)2-3-9(10)14/h2-3,6,16H,4-5,7H2,1H3,(H2,15,17,18,19). The highest BCUT2D eigenvalue weighted by atomic mass is 35.5. The zero-order valence-electron chi connectivity index (χ0n) is 10.8. The van der Waals surface area contributed by atoms with Crippen molar-refractivity contribution in [2.75, 3.05) is 32.1 Å². The SMILES string of the molecule is COCCNC(=O)NC(=O)CNc1cc(Cl)ccc1Cl. The second kappa shape index (κ2) is 8.63. The number of amides is 3. The molecule has 0 spiro atoms. The van der Waals surface area contributed by atoms with Gasteiger partial charge in [-0.1, -0.05) is 23.2 Å². The van der Waals surface area contributed by atoms with E-state index >= 15 is 0 Å². The first-order chi connectivity index (χ1) is 9.52. The van der Waals surface area contributed by atoms with Gasteiger partial charge in [0.25, 0.3) is 0 Å². The molecule has 1 aromatic rings. The Morgan fingerprint density at radius 1 is 1.30 bits per heavy atom. The van der Waals surface area contributed by atoms with Crippen molar-refractivity contribution in [3.05, 3.63) is 28.2 Å². The van der Waals surface area contributed by atoms with Gasteiger partial charge in [-0.15, -0.1) is 0 Å². The molecule has 3 N–H and O–H groups in total. The lowest BCUT2D eigenvalue weighted by Gasteiger charge is -2.09. The fourth-order valence-electron chi connectivity index (χ4n) is 1.29. The third-order valence-corrected chi connectivity index (χ3v) is 2.78. The van der Waals surface area contributed by atoms with Crippen molar-refractivity contribution in [3.8, 4) is 0 Å². The van der Waals surface area contributed by atoms with Gasteiger partial charge >= 0.3 is 6.03 Å². The van der Waals surface area contributed by atoms with Gasteiger partial charge in [0.05, 0.1) is 23.9 Å². The van der Waals surface area contributed by atoms with Crippen LogP contribution in [0.5, 0.6) is 0 Å². The van der Waals surface area contributed by atoms with Crippen molar-refractivity contribution in [3.63, 3.8) is 0 Å². The third kappa shape index (κ3) is 6.10. The molecule has 6 nitrogen and oxygen atoms in total. The van der Waals surface area contributed by atoms with E-state index in [0.29, 0.717) is 28.9 Å². The molecule has 0 aliphatic rings. The molecular formula is C12H15Cl2N3O3. The molecule has 20 heavy (non-hydrogen) atoms. The van der Waals surface area contributed by atoms with Crippen LogP contribution in [0.1, 0.15) is 0 Å². The lowest BCUT2D eigenvalue weighted by atomic mass is 10.3. The first kappa shape index (κ1) is 16.6. The van der Waals surface area contributed by atoms with Gasteiger partial charge in [0, 0.05) is 18.7 Å². The second-order valence-corrected chi connectivity index (χ2v) is 4.62. The Morgan fingerprint density at radius 2 is 2.05 bits per heavy atom. The lowest BCUT2D eigenvalue weighted by Crippen LogP contribution is -2.42. The summed E-state index contributed by atoms with van der Waals surface area (Å²) in [4.78, 5) is 22.8. The van der Waals surface area contributed by atoms with E-state index < -0.39 is 11.9 Å². The van der Waals surface area contributed by atoms with E-state index in [-0.39, 0.29) is 6.54 Å². The van der Waals surface area contributed by atoms with Gasteiger partial charge in [0.1, 0.15) is 0 Å². The second-order valence-electron chi connectivity index (χ2n) is 3.77. The number of ether oxygens (including phenoxy) is 1. The van der Waals surface area contributed by atoms with E-state index in [0.717, 1.165) is 0 Å². The molecule has 8 heteroatoms. The molecule has 1 aromatic carbocycles. The molecule has 0 saturated carbocycles. The van der Waals surface area contributed by atoms with Crippen molar-refractivity contribution < 1.29 is 14.3 Å². The number of hydrogen-bond donors (Lipinski definition) is 3. The Morgan fingerprint density at radius 3 is 2.75 bits per heavy atom. The van der Waals surface area contributed by atoms with Crippen LogP contribution in [-0.4, -0.2) is 38.7 Å². The molecular weight excluding hydrogens is 305 g/mol. The van der Waals surface area contributed by atoms with Gasteiger partial charge in [-0.05, 0) is 18.2 Å². The highest BCUT2D eigenvalue weighted by Gasteiger charge is 2.08. The number of urea groups is 1. The van der Waals surface area contributed by atoms with Crippen molar-refractivity contribution in [2.24, 2.45) is 0 Å². The van der Waals surface area contributed by atoms with Gasteiger partial charge in [0.15, 0.2) is 0 Å². The average molecular weight is 320 g/mol. The van der Waals surface area contributed by atoms with E-state index in [1.807, 2.05) is 0 Å². The zero-order chi connectivity index (χ0) is 15.0. The topological polar surface area (TPSA) is 79.5 Å². The summed E-state index contributed by atoms with van der Waals surface area (Å²) in [6.07, 6.45) is 0. The average Bonchev–Trinajstić information content (AvgIpc) is 2.40. The van der Waals surface area contributed by atoms with Crippen molar-refractivity contribution in [1.82, 2.24) is 10.6 Å². The van der Waals surface area contributed by atoms with E-state index in [2.05, 4.69) is 16.0 Å². The number of carbonyl (C=O) groups excluding carboxylic acids is 2. The molecule has 1 rings (SSSR count). The maximum Gasteiger partial charge on any atom is 0.321 e. The summed E-state index contributed by atoms with van der Waals surface area (Å²) >= 11 is 11.7. The predicted molar refractivity (Wildman–Crippen MR) is 78.4 cm³/mol. The van der Waals surface area contributed by atoms with Crippen LogP contribution in [0.2, 0.25) is 10.0 Å². The van der Waals surface area contributed by atoms with Gasteiger partial charge in [-0.2, -0.15) is 0 Å². The number of anilines is 1. The minimum absolute atomic E-state index is 0.0994. The van der Waals surface area contributed by atoms with Crippen LogP contribution >= 0.6 is 23.2 Å². The van der Waals surface area contributed by atoms with E-state index in [4.69, 9.17) is 27.9 Å². The predicted octanol–water partition coefficient (Wildman–Crippen LogP) is 1.88. The number of nitrogens with one attached hydrogen (secondary N) is 3. The summed E-state index contributed by atoms with van der Waals surface area (Å²) in [5, 5.41) is 8.35. The summed E-state index contributed by atoms with van der Waals surface area (Å²) < 4.78 is 4.76. The van der Waals surface area contributed by atoms with E-state index in [1.165, 1.54) is 7.11 Å². The van der Waals surface area contributed by atoms with Crippen LogP contribution in [0.4, 0.5) is 10.5 Å². The van der Waals surface area contributed by atoms with Gasteiger partial charge in [-0.3, -0.25) is 10.1 Å². The molecule has 0 bridgehead atoms. The Hall–Kier alpha value is -1.50. The monoisotopic (exact) mass is 319 g/mol. The van der Waals surface area contributed by atoms with Crippen LogP contribution in [0.25, 0.3) is 0 Å². The summed E-state index contributed by atoms with van der Waals surface area (Å²) in [7, 11) is 1.52. The molecule has 0 aliphatic carbocycles. The van der Waals surface area contributed by atoms with Crippen molar-refractivity contribution in [1.29, 1.82) is 0 Å². The quantitative estimate of drug-likeness (QED) is 0.699. The maximum atomic E-state index is 11.5. The first-order valence-electron chi connectivity index (χ1n) is 5.78. The molecule has 0 heterocycles. The summed E-state index contributed by atoms with van der Waals surface area (Å²) in [5.74, 6) is -0.490. The number of benzene rings is 1. The Balaban J connectivity index is 2.36. The highest BCUT2D eigenvalue weighted by Crippen LogP contribution is 2.24. The molecule has 0 aliphatic heterocycles. The number of hydrogen-bond acceptors (Lipinski definition) is 4. The highest BCUT2D eigenvalue weighted by molar-refractivity contribution is 6.35. The number of rotatable bonds is 6. The number of imide groups is 1. The van der Waals surface area contributed by atoms with E-state index in [9.17, 15) is 9.59 Å². The van der Waals surface area contributed by atoms with Crippen molar-refractivity contribution in [2.45, 2.75) is 0 Å². The summed E-state index contributed by atoms with van der Waals surface area (Å²) in [6, 6.07) is 4.27. The fraction of sp³-hybridized carbons (Fsp3) is 0.333. The Labute approximate surface area is 126 Å². The molecule has 110 valence electrons. The summed E-state index contributed by atoms with van der Waals surface area (Å²) in [5.41, 5.74) is 0.522. The Kier molecular flexibility index (Phi) is 7.14. The minimum atomic E-state index is -0.578. The zero-order valence-corrected chi connectivity index (χ0v) is 12.3. The Bertz CT molecular complexity index is 483. The molecule has 0 unspecified atom stereocenters. The van der Waals surface area contributed by atoms with Gasteiger partial charge in [-0.25, -0.2) is 4.79 Å². The molecule has 0 fully saturated rings. The van der Waals surface area contributed by atoms with E-state index in [1.54, 1.807) is 18.2 Å². The largest absolute Gasteiger partial charge is 0.383 e. The fourth-order valence-corrected chi connectivity index (χ4v) is 1.65. The van der Waals surface area contributed by atoms with Gasteiger partial charge < -0.3 is 15.4 Å².